The average molecular weight is 265 g/mol. The largest absolute Gasteiger partial charge is 0.314 e. The van der Waals surface area contributed by atoms with E-state index in [4.69, 9.17) is 4.98 Å². The van der Waals surface area contributed by atoms with Crippen LogP contribution in [0.1, 0.15) is 42.3 Å². The zero-order valence-corrected chi connectivity index (χ0v) is 12.0. The first kappa shape index (κ1) is 12.6. The maximum atomic E-state index is 4.88. The predicted molar refractivity (Wildman–Crippen MR) is 76.3 cm³/mol. The summed E-state index contributed by atoms with van der Waals surface area (Å²) in [5, 5.41) is 7.21. The number of aromatic nitrogens is 1. The first-order valence-corrected chi connectivity index (χ1v) is 8.05. The second-order valence-electron chi connectivity index (χ2n) is 5.78. The van der Waals surface area contributed by atoms with Gasteiger partial charge in [-0.2, -0.15) is 0 Å². The molecule has 3 heterocycles. The lowest BCUT2D eigenvalue weighted by atomic mass is 9.99. The molecule has 1 aromatic rings. The van der Waals surface area contributed by atoms with Crippen molar-refractivity contribution in [2.75, 3.05) is 26.7 Å². The van der Waals surface area contributed by atoms with Crippen LogP contribution in [0.15, 0.2) is 5.38 Å². The van der Waals surface area contributed by atoms with Gasteiger partial charge in [0.15, 0.2) is 0 Å². The third-order valence-electron chi connectivity index (χ3n) is 4.16. The van der Waals surface area contributed by atoms with Gasteiger partial charge in [-0.15, -0.1) is 11.3 Å². The van der Waals surface area contributed by atoms with Crippen molar-refractivity contribution in [2.45, 2.75) is 44.1 Å². The minimum absolute atomic E-state index is 0.675. The molecule has 0 radical (unpaired) electrons. The Morgan fingerprint density at radius 1 is 1.44 bits per heavy atom. The molecule has 0 spiro atoms. The molecule has 1 N–H and O–H groups in total. The van der Waals surface area contributed by atoms with Gasteiger partial charge >= 0.3 is 0 Å². The van der Waals surface area contributed by atoms with Crippen LogP contribution < -0.4 is 5.32 Å². The van der Waals surface area contributed by atoms with E-state index in [1.807, 2.05) is 11.3 Å². The second-order valence-corrected chi connectivity index (χ2v) is 6.67. The lowest BCUT2D eigenvalue weighted by Gasteiger charge is -2.28. The Hall–Kier alpha value is -0.450. The molecule has 18 heavy (non-hydrogen) atoms. The number of likely N-dealkylation sites (tertiary alicyclic amines) is 1. The number of hydrogen-bond acceptors (Lipinski definition) is 4. The average Bonchev–Trinajstić information content (AvgIpc) is 3.01. The van der Waals surface area contributed by atoms with Crippen LogP contribution in [0.2, 0.25) is 0 Å². The molecule has 2 atom stereocenters. The molecule has 100 valence electrons. The molecule has 0 saturated carbocycles. The van der Waals surface area contributed by atoms with Gasteiger partial charge in [0, 0.05) is 30.3 Å². The lowest BCUT2D eigenvalue weighted by molar-refractivity contribution is 0.250. The number of nitrogens with zero attached hydrogens (tertiary/aromatic N) is 2. The Bertz CT molecular complexity index is 384. The van der Waals surface area contributed by atoms with Crippen molar-refractivity contribution in [1.29, 1.82) is 0 Å². The monoisotopic (exact) mass is 265 g/mol. The predicted octanol–water partition coefficient (Wildman–Crippen LogP) is 2.25. The maximum absolute atomic E-state index is 4.88. The molecule has 0 aromatic carbocycles. The van der Waals surface area contributed by atoms with Crippen LogP contribution in [-0.2, 0) is 6.42 Å². The number of rotatable bonds is 3. The Kier molecular flexibility index (Phi) is 3.97. The van der Waals surface area contributed by atoms with Gasteiger partial charge in [0.2, 0.25) is 0 Å². The number of piperidine rings is 1. The minimum atomic E-state index is 0.675. The van der Waals surface area contributed by atoms with Crippen LogP contribution in [0.3, 0.4) is 0 Å². The third kappa shape index (κ3) is 2.92. The van der Waals surface area contributed by atoms with E-state index >= 15 is 0 Å². The summed E-state index contributed by atoms with van der Waals surface area (Å²) >= 11 is 1.88. The van der Waals surface area contributed by atoms with Gasteiger partial charge in [0.05, 0.1) is 10.7 Å². The van der Waals surface area contributed by atoms with Crippen LogP contribution in [0.5, 0.6) is 0 Å². The van der Waals surface area contributed by atoms with E-state index < -0.39 is 0 Å². The number of thiazole rings is 1. The van der Waals surface area contributed by atoms with Crippen molar-refractivity contribution in [3.8, 4) is 0 Å². The van der Waals surface area contributed by atoms with E-state index in [-0.39, 0.29) is 0 Å². The van der Waals surface area contributed by atoms with Gasteiger partial charge in [-0.25, -0.2) is 4.98 Å². The molecule has 4 heteroatoms. The molecular weight excluding hydrogens is 242 g/mol. The molecule has 3 rings (SSSR count). The second kappa shape index (κ2) is 5.68. The van der Waals surface area contributed by atoms with Gasteiger partial charge in [-0.1, -0.05) is 0 Å². The van der Waals surface area contributed by atoms with Gasteiger partial charge in [-0.05, 0) is 45.8 Å². The standard InChI is InChI=1S/C14H23N3S/c1-17-7-3-4-11(9-17)14-16-13(10-18-14)8-12-5-2-6-15-12/h10-12,15H,2-9H2,1H3. The molecule has 2 unspecified atom stereocenters. The molecule has 2 aliphatic heterocycles. The summed E-state index contributed by atoms with van der Waals surface area (Å²) < 4.78 is 0. The fraction of sp³-hybridized carbons (Fsp3) is 0.786. The minimum Gasteiger partial charge on any atom is -0.314 e. The summed E-state index contributed by atoms with van der Waals surface area (Å²) in [5.41, 5.74) is 1.31. The highest BCUT2D eigenvalue weighted by Crippen LogP contribution is 2.29. The highest BCUT2D eigenvalue weighted by Gasteiger charge is 2.22. The number of hydrogen-bond donors (Lipinski definition) is 1. The maximum Gasteiger partial charge on any atom is 0.0972 e. The summed E-state index contributed by atoms with van der Waals surface area (Å²) in [6.45, 7) is 3.63. The van der Waals surface area contributed by atoms with Crippen LogP contribution >= 0.6 is 11.3 Å². The topological polar surface area (TPSA) is 28.2 Å². The van der Waals surface area contributed by atoms with Gasteiger partial charge in [0.1, 0.15) is 0 Å². The summed E-state index contributed by atoms with van der Waals surface area (Å²) in [4.78, 5) is 7.32. The highest BCUT2D eigenvalue weighted by molar-refractivity contribution is 7.09. The molecule has 0 bridgehead atoms. The lowest BCUT2D eigenvalue weighted by Crippen LogP contribution is -2.30. The Morgan fingerprint density at radius 2 is 2.39 bits per heavy atom. The zero-order valence-electron chi connectivity index (χ0n) is 11.2. The Balaban J connectivity index is 1.61. The summed E-state index contributed by atoms with van der Waals surface area (Å²) in [7, 11) is 2.23. The number of nitrogens with one attached hydrogen (secondary N) is 1. The fourth-order valence-electron chi connectivity index (χ4n) is 3.16. The Morgan fingerprint density at radius 3 is 3.17 bits per heavy atom. The SMILES string of the molecule is CN1CCCC(c2nc(CC3CCCN3)cs2)C1. The van der Waals surface area contributed by atoms with E-state index in [1.54, 1.807) is 0 Å². The molecule has 2 aliphatic rings. The van der Waals surface area contributed by atoms with E-state index in [0.717, 1.165) is 6.42 Å². The van der Waals surface area contributed by atoms with Crippen molar-refractivity contribution in [3.63, 3.8) is 0 Å². The van der Waals surface area contributed by atoms with Crippen LogP contribution in [0.25, 0.3) is 0 Å². The molecule has 1 aromatic heterocycles. The Labute approximate surface area is 114 Å². The van der Waals surface area contributed by atoms with Crippen LogP contribution in [-0.4, -0.2) is 42.6 Å². The van der Waals surface area contributed by atoms with E-state index in [1.165, 1.54) is 56.0 Å². The van der Waals surface area contributed by atoms with Crippen molar-refractivity contribution >= 4 is 11.3 Å². The van der Waals surface area contributed by atoms with E-state index in [9.17, 15) is 0 Å². The first-order valence-electron chi connectivity index (χ1n) is 7.17. The molecule has 0 aliphatic carbocycles. The summed E-state index contributed by atoms with van der Waals surface area (Å²) in [6.07, 6.45) is 6.41. The van der Waals surface area contributed by atoms with Crippen LogP contribution in [0, 0.1) is 0 Å². The van der Waals surface area contributed by atoms with Crippen molar-refractivity contribution < 1.29 is 0 Å². The van der Waals surface area contributed by atoms with Gasteiger partial charge in [-0.3, -0.25) is 0 Å². The molecule has 2 saturated heterocycles. The molecule has 0 amide bonds. The summed E-state index contributed by atoms with van der Waals surface area (Å²) in [6, 6.07) is 0.675. The first-order chi connectivity index (χ1) is 8.81. The van der Waals surface area contributed by atoms with Crippen molar-refractivity contribution in [1.82, 2.24) is 15.2 Å². The summed E-state index contributed by atoms with van der Waals surface area (Å²) in [5.74, 6) is 0.680. The van der Waals surface area contributed by atoms with Crippen molar-refractivity contribution in [3.05, 3.63) is 16.1 Å². The van der Waals surface area contributed by atoms with E-state index in [2.05, 4.69) is 22.6 Å². The molecule has 3 nitrogen and oxygen atoms in total. The number of likely N-dealkylation sites (N-methyl/N-ethyl adjacent to an activating group) is 1. The highest BCUT2D eigenvalue weighted by atomic mass is 32.1. The van der Waals surface area contributed by atoms with Crippen LogP contribution in [0.4, 0.5) is 0 Å². The quantitative estimate of drug-likeness (QED) is 0.908. The van der Waals surface area contributed by atoms with Gasteiger partial charge < -0.3 is 10.2 Å². The van der Waals surface area contributed by atoms with Crippen molar-refractivity contribution in [2.24, 2.45) is 0 Å². The molecular formula is C14H23N3S. The van der Waals surface area contributed by atoms with E-state index in [0.29, 0.717) is 12.0 Å². The molecule has 2 fully saturated rings. The zero-order chi connectivity index (χ0) is 12.4. The third-order valence-corrected chi connectivity index (χ3v) is 5.22. The van der Waals surface area contributed by atoms with Gasteiger partial charge in [0.25, 0.3) is 0 Å². The fourth-order valence-corrected chi connectivity index (χ4v) is 4.12. The normalized spacial score (nSPS) is 29.8. The smallest absolute Gasteiger partial charge is 0.0972 e.